The largest absolute Gasteiger partial charge is 0.493 e. The van der Waals surface area contributed by atoms with E-state index in [0.29, 0.717) is 17.9 Å². The minimum atomic E-state index is -0.242. The first-order valence-electron chi connectivity index (χ1n) is 7.31. The van der Waals surface area contributed by atoms with Crippen molar-refractivity contribution in [1.29, 1.82) is 0 Å². The molecule has 0 bridgehead atoms. The van der Waals surface area contributed by atoms with Crippen molar-refractivity contribution in [2.24, 2.45) is 0 Å². The molecule has 1 aromatic carbocycles. The molecular formula is C16H26FNO2. The lowest BCUT2D eigenvalue weighted by Crippen LogP contribution is -2.48. The van der Waals surface area contributed by atoms with Crippen LogP contribution in [0.3, 0.4) is 0 Å². The van der Waals surface area contributed by atoms with E-state index in [1.807, 2.05) is 6.92 Å². The van der Waals surface area contributed by atoms with Gasteiger partial charge < -0.3 is 15.2 Å². The van der Waals surface area contributed by atoms with Gasteiger partial charge in [-0.25, -0.2) is 4.39 Å². The SMILES string of the molecule is CCNC(CC)(CO)CCCOc1ccc(C)c(F)c1. The summed E-state index contributed by atoms with van der Waals surface area (Å²) in [5.74, 6) is 0.316. The molecule has 1 aromatic rings. The Morgan fingerprint density at radius 1 is 1.35 bits per heavy atom. The summed E-state index contributed by atoms with van der Waals surface area (Å²) >= 11 is 0. The normalized spacial score (nSPS) is 14.1. The van der Waals surface area contributed by atoms with Gasteiger partial charge in [0.1, 0.15) is 11.6 Å². The number of aryl methyl sites for hydroxylation is 1. The first-order chi connectivity index (χ1) is 9.56. The van der Waals surface area contributed by atoms with Crippen LogP contribution < -0.4 is 10.1 Å². The molecule has 0 saturated carbocycles. The third kappa shape index (κ3) is 4.76. The van der Waals surface area contributed by atoms with E-state index < -0.39 is 0 Å². The molecule has 1 atom stereocenters. The van der Waals surface area contributed by atoms with E-state index >= 15 is 0 Å². The molecule has 4 heteroatoms. The molecule has 1 rings (SSSR count). The molecule has 0 fully saturated rings. The number of nitrogens with one attached hydrogen (secondary N) is 1. The van der Waals surface area contributed by atoms with E-state index in [1.165, 1.54) is 6.07 Å². The van der Waals surface area contributed by atoms with Crippen LogP contribution in [0.1, 0.15) is 38.7 Å². The average molecular weight is 283 g/mol. The van der Waals surface area contributed by atoms with Crippen LogP contribution in [0.15, 0.2) is 18.2 Å². The standard InChI is InChI=1S/C16H26FNO2/c1-4-16(12-19,18-5-2)9-6-10-20-14-8-7-13(3)15(17)11-14/h7-8,11,18-19H,4-6,9-10,12H2,1-3H3. The second-order valence-corrected chi connectivity index (χ2v) is 5.19. The van der Waals surface area contributed by atoms with Gasteiger partial charge >= 0.3 is 0 Å². The lowest BCUT2D eigenvalue weighted by molar-refractivity contribution is 0.139. The van der Waals surface area contributed by atoms with Gasteiger partial charge in [-0.05, 0) is 44.4 Å². The summed E-state index contributed by atoms with van der Waals surface area (Å²) in [6.45, 7) is 7.30. The van der Waals surface area contributed by atoms with E-state index in [4.69, 9.17) is 4.74 Å². The fraction of sp³-hybridized carbons (Fsp3) is 0.625. The van der Waals surface area contributed by atoms with Gasteiger partial charge in [0.25, 0.3) is 0 Å². The number of aliphatic hydroxyl groups excluding tert-OH is 1. The monoisotopic (exact) mass is 283 g/mol. The predicted molar refractivity (Wildman–Crippen MR) is 79.7 cm³/mol. The van der Waals surface area contributed by atoms with Crippen molar-refractivity contribution in [1.82, 2.24) is 5.32 Å². The zero-order valence-corrected chi connectivity index (χ0v) is 12.7. The van der Waals surface area contributed by atoms with Gasteiger partial charge in [0.15, 0.2) is 0 Å². The quantitative estimate of drug-likeness (QED) is 0.684. The molecule has 0 heterocycles. The highest BCUT2D eigenvalue weighted by molar-refractivity contribution is 5.27. The van der Waals surface area contributed by atoms with Crippen LogP contribution in [0.5, 0.6) is 5.75 Å². The molecule has 0 amide bonds. The lowest BCUT2D eigenvalue weighted by Gasteiger charge is -2.31. The molecule has 0 aliphatic carbocycles. The fourth-order valence-corrected chi connectivity index (χ4v) is 2.28. The van der Waals surface area contributed by atoms with Crippen molar-refractivity contribution >= 4 is 0 Å². The highest BCUT2D eigenvalue weighted by Gasteiger charge is 2.25. The predicted octanol–water partition coefficient (Wildman–Crippen LogP) is 3.04. The van der Waals surface area contributed by atoms with Crippen LogP contribution in [-0.4, -0.2) is 30.4 Å². The van der Waals surface area contributed by atoms with E-state index in [-0.39, 0.29) is 18.0 Å². The molecule has 3 nitrogen and oxygen atoms in total. The number of likely N-dealkylation sites (N-methyl/N-ethyl adjacent to an activating group) is 1. The van der Waals surface area contributed by atoms with Gasteiger partial charge in [0, 0.05) is 11.6 Å². The Bertz CT molecular complexity index is 405. The van der Waals surface area contributed by atoms with Crippen LogP contribution in [0.2, 0.25) is 0 Å². The minimum absolute atomic E-state index is 0.122. The number of benzene rings is 1. The summed E-state index contributed by atoms with van der Waals surface area (Å²) in [6.07, 6.45) is 2.52. The third-order valence-corrected chi connectivity index (χ3v) is 3.74. The first kappa shape index (κ1) is 16.9. The molecule has 0 radical (unpaired) electrons. The lowest BCUT2D eigenvalue weighted by atomic mass is 9.91. The van der Waals surface area contributed by atoms with Crippen LogP contribution >= 0.6 is 0 Å². The molecule has 0 aromatic heterocycles. The Morgan fingerprint density at radius 3 is 2.65 bits per heavy atom. The topological polar surface area (TPSA) is 41.5 Å². The van der Waals surface area contributed by atoms with Gasteiger partial charge in [0.05, 0.1) is 13.2 Å². The van der Waals surface area contributed by atoms with Crippen molar-refractivity contribution in [3.05, 3.63) is 29.6 Å². The molecular weight excluding hydrogens is 257 g/mol. The second-order valence-electron chi connectivity index (χ2n) is 5.19. The number of hydrogen-bond acceptors (Lipinski definition) is 3. The molecule has 2 N–H and O–H groups in total. The molecule has 0 aliphatic rings. The number of rotatable bonds is 9. The summed E-state index contributed by atoms with van der Waals surface area (Å²) in [5.41, 5.74) is 0.395. The van der Waals surface area contributed by atoms with Crippen LogP contribution in [-0.2, 0) is 0 Å². The van der Waals surface area contributed by atoms with Crippen molar-refractivity contribution in [2.75, 3.05) is 19.8 Å². The highest BCUT2D eigenvalue weighted by Crippen LogP contribution is 2.19. The Labute approximate surface area is 121 Å². The second kappa shape index (κ2) is 8.22. The summed E-state index contributed by atoms with van der Waals surface area (Å²) in [5, 5.41) is 12.9. The highest BCUT2D eigenvalue weighted by atomic mass is 19.1. The Kier molecular flexibility index (Phi) is 6.96. The molecule has 1 unspecified atom stereocenters. The number of hydrogen-bond donors (Lipinski definition) is 2. The first-order valence-corrected chi connectivity index (χ1v) is 7.31. The zero-order chi connectivity index (χ0) is 15.0. The van der Waals surface area contributed by atoms with E-state index in [1.54, 1.807) is 19.1 Å². The fourth-order valence-electron chi connectivity index (χ4n) is 2.28. The Balaban J connectivity index is 2.41. The molecule has 0 aliphatic heterocycles. The summed E-state index contributed by atoms with van der Waals surface area (Å²) in [7, 11) is 0. The van der Waals surface area contributed by atoms with E-state index in [0.717, 1.165) is 25.8 Å². The van der Waals surface area contributed by atoms with Gasteiger partial charge in [-0.2, -0.15) is 0 Å². The van der Waals surface area contributed by atoms with Crippen molar-refractivity contribution in [2.45, 2.75) is 45.6 Å². The van der Waals surface area contributed by atoms with Crippen LogP contribution in [0, 0.1) is 12.7 Å². The molecule has 20 heavy (non-hydrogen) atoms. The smallest absolute Gasteiger partial charge is 0.129 e. The average Bonchev–Trinajstić information content (AvgIpc) is 2.46. The van der Waals surface area contributed by atoms with Crippen LogP contribution in [0.25, 0.3) is 0 Å². The maximum atomic E-state index is 13.4. The van der Waals surface area contributed by atoms with Crippen molar-refractivity contribution in [3.63, 3.8) is 0 Å². The maximum absolute atomic E-state index is 13.4. The van der Waals surface area contributed by atoms with Gasteiger partial charge in [-0.15, -0.1) is 0 Å². The Hall–Kier alpha value is -1.13. The maximum Gasteiger partial charge on any atom is 0.129 e. The molecule has 0 spiro atoms. The number of ether oxygens (including phenoxy) is 1. The van der Waals surface area contributed by atoms with Crippen molar-refractivity contribution < 1.29 is 14.2 Å². The van der Waals surface area contributed by atoms with Gasteiger partial charge in [-0.3, -0.25) is 0 Å². The van der Waals surface area contributed by atoms with E-state index in [2.05, 4.69) is 12.2 Å². The van der Waals surface area contributed by atoms with Gasteiger partial charge in [-0.1, -0.05) is 19.9 Å². The molecule has 114 valence electrons. The van der Waals surface area contributed by atoms with Gasteiger partial charge in [0.2, 0.25) is 0 Å². The zero-order valence-electron chi connectivity index (χ0n) is 12.7. The van der Waals surface area contributed by atoms with E-state index in [9.17, 15) is 9.50 Å². The molecule has 0 saturated heterocycles. The number of aliphatic hydroxyl groups is 1. The van der Waals surface area contributed by atoms with Crippen molar-refractivity contribution in [3.8, 4) is 5.75 Å². The number of halogens is 1. The summed E-state index contributed by atoms with van der Waals surface area (Å²) < 4.78 is 18.9. The Morgan fingerprint density at radius 2 is 2.10 bits per heavy atom. The third-order valence-electron chi connectivity index (χ3n) is 3.74. The summed E-state index contributed by atoms with van der Waals surface area (Å²) in [4.78, 5) is 0. The summed E-state index contributed by atoms with van der Waals surface area (Å²) in [6, 6.07) is 4.91. The minimum Gasteiger partial charge on any atom is -0.493 e. The van der Waals surface area contributed by atoms with Crippen LogP contribution in [0.4, 0.5) is 4.39 Å².